The quantitative estimate of drug-likeness (QED) is 0.147. The van der Waals surface area contributed by atoms with E-state index in [0.717, 1.165) is 70.9 Å². The highest BCUT2D eigenvalue weighted by Gasteiger charge is 2.32. The second-order valence-corrected chi connectivity index (χ2v) is 15.7. The van der Waals surface area contributed by atoms with E-state index in [1.165, 1.54) is 38.9 Å². The molecular formula is C48H30Br3N. The van der Waals surface area contributed by atoms with Gasteiger partial charge in [0, 0.05) is 57.9 Å². The summed E-state index contributed by atoms with van der Waals surface area (Å²) in [5.74, 6) is 0. The first-order valence-corrected chi connectivity index (χ1v) is 19.7. The van der Waals surface area contributed by atoms with E-state index in [1.54, 1.807) is 0 Å². The van der Waals surface area contributed by atoms with Gasteiger partial charge >= 0.3 is 0 Å². The smallest absolute Gasteiger partial charge is 0.0635 e. The Bertz CT molecular complexity index is 2680. The molecule has 0 fully saturated rings. The minimum atomic E-state index is 0.938. The van der Waals surface area contributed by atoms with E-state index >= 15 is 0 Å². The molecule has 0 saturated heterocycles. The van der Waals surface area contributed by atoms with Gasteiger partial charge in [0.25, 0.3) is 0 Å². The van der Waals surface area contributed by atoms with E-state index in [4.69, 9.17) is 0 Å². The Balaban J connectivity index is 1.62. The van der Waals surface area contributed by atoms with Crippen LogP contribution in [0.5, 0.6) is 0 Å². The fourth-order valence-electron chi connectivity index (χ4n) is 7.75. The molecule has 7 aromatic rings. The molecule has 0 atom stereocenters. The van der Waals surface area contributed by atoms with Crippen LogP contribution in [0.3, 0.4) is 0 Å². The van der Waals surface area contributed by atoms with Crippen LogP contribution in [0.4, 0.5) is 0 Å². The monoisotopic (exact) mass is 857 g/mol. The third-order valence-electron chi connectivity index (χ3n) is 9.93. The molecule has 0 saturated carbocycles. The zero-order valence-electron chi connectivity index (χ0n) is 28.0. The van der Waals surface area contributed by atoms with E-state index in [9.17, 15) is 0 Å². The average molecular weight is 860 g/mol. The first kappa shape index (κ1) is 33.0. The van der Waals surface area contributed by atoms with Crippen molar-refractivity contribution in [3.8, 4) is 50.2 Å². The van der Waals surface area contributed by atoms with Gasteiger partial charge in [0.2, 0.25) is 0 Å². The van der Waals surface area contributed by atoms with Crippen LogP contribution >= 0.6 is 47.8 Å². The van der Waals surface area contributed by atoms with Crippen molar-refractivity contribution in [2.24, 2.45) is 0 Å². The zero-order valence-corrected chi connectivity index (χ0v) is 32.8. The number of allylic oxidation sites excluding steroid dienone is 5. The molecule has 0 unspecified atom stereocenters. The highest BCUT2D eigenvalue weighted by Crippen LogP contribution is 2.54. The van der Waals surface area contributed by atoms with Crippen molar-refractivity contribution < 1.29 is 0 Å². The summed E-state index contributed by atoms with van der Waals surface area (Å²) in [4.78, 5) is 0. The van der Waals surface area contributed by atoms with Gasteiger partial charge in [-0.25, -0.2) is 0 Å². The number of hydrogen-bond acceptors (Lipinski definition) is 0. The van der Waals surface area contributed by atoms with Gasteiger partial charge in [0.05, 0.1) is 11.2 Å². The van der Waals surface area contributed by atoms with Gasteiger partial charge < -0.3 is 4.57 Å². The van der Waals surface area contributed by atoms with Crippen LogP contribution in [0, 0.1) is 0 Å². The van der Waals surface area contributed by atoms with Crippen molar-refractivity contribution in [2.75, 3.05) is 0 Å². The lowest BCUT2D eigenvalue weighted by molar-refractivity contribution is 0.888. The lowest BCUT2D eigenvalue weighted by atomic mass is 9.77. The number of fused-ring (bicyclic) bond motifs is 3. The summed E-state index contributed by atoms with van der Waals surface area (Å²) >= 11 is 11.2. The maximum Gasteiger partial charge on any atom is 0.0635 e. The predicted octanol–water partition coefficient (Wildman–Crippen LogP) is 14.8. The van der Waals surface area contributed by atoms with Crippen molar-refractivity contribution in [3.05, 3.63) is 193 Å². The SMILES string of the molecule is Brc1ccc(-c2c(C3=C=C=CC=C3)c(-n3c4c(c5ccccc53)C=CCC4)c(-c3ccc(Br)cc3)c(-c3ccccc3)c2-c2ccc(Br)cc2)cc1. The van der Waals surface area contributed by atoms with Gasteiger partial charge in [-0.05, 0) is 95.3 Å². The molecule has 2 aliphatic carbocycles. The number of para-hydroxylation sites is 1. The molecule has 1 aromatic heterocycles. The molecule has 0 radical (unpaired) electrons. The molecule has 0 N–H and O–H groups in total. The van der Waals surface area contributed by atoms with Gasteiger partial charge in [0.1, 0.15) is 0 Å². The highest BCUT2D eigenvalue weighted by molar-refractivity contribution is 9.11. The Hall–Kier alpha value is -4.92. The summed E-state index contributed by atoms with van der Waals surface area (Å²) in [5.41, 5.74) is 23.2. The van der Waals surface area contributed by atoms with Crippen molar-refractivity contribution >= 4 is 70.3 Å². The maximum absolute atomic E-state index is 3.75. The molecule has 4 heteroatoms. The molecule has 248 valence electrons. The van der Waals surface area contributed by atoms with E-state index in [0.29, 0.717) is 0 Å². The topological polar surface area (TPSA) is 4.93 Å². The standard InChI is InChI=1S/C48H30Br3N/c49-36-25-19-33(20-26-36)43-44(31-11-3-1-4-12-31)47(35-23-29-38(51)30-24-35)48(52-41-17-9-7-15-39(41)40-16-8-10-18-42(40)52)46(32-13-5-2-6-14-32)45(43)34-21-27-37(50)28-22-34/h1-5,7-9,11-13,15-17,19-30H,10,18H2. The molecule has 0 aliphatic heterocycles. The van der Waals surface area contributed by atoms with Crippen molar-refractivity contribution in [3.63, 3.8) is 0 Å². The zero-order chi connectivity index (χ0) is 35.2. The number of benzene rings is 6. The van der Waals surface area contributed by atoms with Crippen LogP contribution in [0.25, 0.3) is 72.7 Å². The van der Waals surface area contributed by atoms with Crippen molar-refractivity contribution in [1.82, 2.24) is 4.57 Å². The maximum atomic E-state index is 3.75. The van der Waals surface area contributed by atoms with E-state index in [1.807, 2.05) is 6.08 Å². The normalized spacial score (nSPS) is 13.1. The summed E-state index contributed by atoms with van der Waals surface area (Å²) in [6, 6.07) is 46.1. The van der Waals surface area contributed by atoms with Crippen LogP contribution in [-0.2, 0) is 6.42 Å². The van der Waals surface area contributed by atoms with Crippen LogP contribution < -0.4 is 0 Å². The Morgan fingerprint density at radius 1 is 0.519 bits per heavy atom. The molecular weight excluding hydrogens is 830 g/mol. The third-order valence-corrected chi connectivity index (χ3v) is 11.5. The Morgan fingerprint density at radius 2 is 1.06 bits per heavy atom. The van der Waals surface area contributed by atoms with Crippen molar-refractivity contribution in [2.45, 2.75) is 12.8 Å². The summed E-state index contributed by atoms with van der Waals surface area (Å²) in [6.07, 6.45) is 12.8. The number of halogens is 3. The predicted molar refractivity (Wildman–Crippen MR) is 230 cm³/mol. The number of rotatable bonds is 6. The highest BCUT2D eigenvalue weighted by atomic mass is 79.9. The molecule has 0 amide bonds. The van der Waals surface area contributed by atoms with Gasteiger partial charge in [0.15, 0.2) is 0 Å². The molecule has 0 bridgehead atoms. The second-order valence-electron chi connectivity index (χ2n) is 13.0. The summed E-state index contributed by atoms with van der Waals surface area (Å²) in [7, 11) is 0. The van der Waals surface area contributed by atoms with E-state index in [2.05, 4.69) is 216 Å². The first-order valence-electron chi connectivity index (χ1n) is 17.3. The van der Waals surface area contributed by atoms with Gasteiger partial charge in [-0.3, -0.25) is 0 Å². The Morgan fingerprint density at radius 3 is 1.67 bits per heavy atom. The third kappa shape index (κ3) is 5.78. The van der Waals surface area contributed by atoms with E-state index in [-0.39, 0.29) is 0 Å². The average Bonchev–Trinajstić information content (AvgIpc) is 3.53. The number of hydrogen-bond donors (Lipinski definition) is 0. The van der Waals surface area contributed by atoms with E-state index < -0.39 is 0 Å². The fourth-order valence-corrected chi connectivity index (χ4v) is 8.54. The number of nitrogens with zero attached hydrogens (tertiary/aromatic N) is 1. The van der Waals surface area contributed by atoms with Crippen LogP contribution in [0.2, 0.25) is 0 Å². The molecule has 9 rings (SSSR count). The molecule has 1 heterocycles. The lowest BCUT2D eigenvalue weighted by Gasteiger charge is -2.30. The molecule has 52 heavy (non-hydrogen) atoms. The molecule has 6 aromatic carbocycles. The minimum absolute atomic E-state index is 0.938. The first-order chi connectivity index (χ1) is 25.6. The summed E-state index contributed by atoms with van der Waals surface area (Å²) < 4.78 is 5.69. The largest absolute Gasteiger partial charge is 0.312 e. The molecule has 1 nitrogen and oxygen atoms in total. The summed E-state index contributed by atoms with van der Waals surface area (Å²) in [6.45, 7) is 0. The van der Waals surface area contributed by atoms with Gasteiger partial charge in [-0.2, -0.15) is 0 Å². The van der Waals surface area contributed by atoms with Crippen molar-refractivity contribution in [1.29, 1.82) is 0 Å². The van der Waals surface area contributed by atoms with Crippen LogP contribution in [0.1, 0.15) is 23.2 Å². The summed E-state index contributed by atoms with van der Waals surface area (Å²) in [5, 5.41) is 1.26. The van der Waals surface area contributed by atoms with Gasteiger partial charge in [-0.15, -0.1) is 0 Å². The Kier molecular flexibility index (Phi) is 8.81. The van der Waals surface area contributed by atoms with Crippen LogP contribution in [0.15, 0.2) is 177 Å². The minimum Gasteiger partial charge on any atom is -0.312 e. The Labute approximate surface area is 329 Å². The van der Waals surface area contributed by atoms with Crippen LogP contribution in [-0.4, -0.2) is 4.57 Å². The fraction of sp³-hybridized carbons (Fsp3) is 0.0417. The molecule has 0 spiro atoms. The number of aromatic nitrogens is 1. The molecule has 2 aliphatic rings. The second kappa shape index (κ2) is 13.9. The lowest BCUT2D eigenvalue weighted by Crippen LogP contribution is -2.11. The van der Waals surface area contributed by atoms with Gasteiger partial charge in [-0.1, -0.05) is 162 Å².